The molecule has 0 spiro atoms. The van der Waals surface area contributed by atoms with Gasteiger partial charge < -0.3 is 10.1 Å². The summed E-state index contributed by atoms with van der Waals surface area (Å²) < 4.78 is 2.22. The highest BCUT2D eigenvalue weighted by Crippen LogP contribution is 2.33. The standard InChI is InChI=1S/C13H17N3/c14-7-10-5-6-12-8-15-13(16(12)9-10)11-3-1-2-4-11/h5-6,8-9,11H,1-4,7,14H2. The van der Waals surface area contributed by atoms with E-state index >= 15 is 0 Å². The van der Waals surface area contributed by atoms with Gasteiger partial charge in [0, 0.05) is 18.7 Å². The van der Waals surface area contributed by atoms with E-state index in [1.807, 2.05) is 6.20 Å². The highest BCUT2D eigenvalue weighted by molar-refractivity contribution is 5.47. The fourth-order valence-corrected chi connectivity index (χ4v) is 2.66. The van der Waals surface area contributed by atoms with Crippen molar-refractivity contribution < 1.29 is 0 Å². The molecule has 1 aliphatic carbocycles. The molecule has 3 nitrogen and oxygen atoms in total. The Morgan fingerprint density at radius 1 is 1.31 bits per heavy atom. The number of fused-ring (bicyclic) bond motifs is 1. The molecule has 0 atom stereocenters. The lowest BCUT2D eigenvalue weighted by Crippen LogP contribution is -2.03. The minimum absolute atomic E-state index is 0.595. The maximum Gasteiger partial charge on any atom is 0.116 e. The van der Waals surface area contributed by atoms with Crippen LogP contribution < -0.4 is 5.73 Å². The predicted octanol–water partition coefficient (Wildman–Crippen LogP) is 2.45. The molecule has 0 aromatic carbocycles. The summed E-state index contributed by atoms with van der Waals surface area (Å²) in [5.41, 5.74) is 8.03. The lowest BCUT2D eigenvalue weighted by atomic mass is 10.1. The number of aromatic nitrogens is 2. The van der Waals surface area contributed by atoms with Gasteiger partial charge in [-0.1, -0.05) is 18.9 Å². The van der Waals surface area contributed by atoms with Crippen LogP contribution in [0.1, 0.15) is 43.0 Å². The van der Waals surface area contributed by atoms with E-state index in [1.165, 1.54) is 42.6 Å². The quantitative estimate of drug-likeness (QED) is 0.836. The Kier molecular flexibility index (Phi) is 2.40. The van der Waals surface area contributed by atoms with Crippen LogP contribution in [0.25, 0.3) is 5.52 Å². The molecule has 0 saturated heterocycles. The Hall–Kier alpha value is -1.35. The SMILES string of the molecule is NCc1ccc2cnc(C3CCCC3)n2c1. The fraction of sp³-hybridized carbons (Fsp3) is 0.462. The third-order valence-corrected chi connectivity index (χ3v) is 3.57. The normalized spacial score (nSPS) is 17.3. The van der Waals surface area contributed by atoms with Crippen LogP contribution in [-0.2, 0) is 6.54 Å². The zero-order chi connectivity index (χ0) is 11.0. The summed E-state index contributed by atoms with van der Waals surface area (Å²) in [6.45, 7) is 0.595. The summed E-state index contributed by atoms with van der Waals surface area (Å²) in [4.78, 5) is 4.57. The molecule has 2 aromatic rings. The molecule has 1 aliphatic rings. The summed E-state index contributed by atoms with van der Waals surface area (Å²) in [7, 11) is 0. The van der Waals surface area contributed by atoms with Gasteiger partial charge in [-0.05, 0) is 24.5 Å². The molecule has 0 bridgehead atoms. The highest BCUT2D eigenvalue weighted by atomic mass is 15.0. The largest absolute Gasteiger partial charge is 0.326 e. The van der Waals surface area contributed by atoms with Crippen molar-refractivity contribution >= 4 is 5.52 Å². The van der Waals surface area contributed by atoms with Crippen LogP contribution in [0.3, 0.4) is 0 Å². The molecule has 0 amide bonds. The van der Waals surface area contributed by atoms with E-state index in [2.05, 4.69) is 27.7 Å². The Balaban J connectivity index is 2.09. The molecule has 2 aromatic heterocycles. The minimum atomic E-state index is 0.595. The van der Waals surface area contributed by atoms with Crippen LogP contribution in [0, 0.1) is 0 Å². The van der Waals surface area contributed by atoms with Gasteiger partial charge in [-0.25, -0.2) is 4.98 Å². The summed E-state index contributed by atoms with van der Waals surface area (Å²) in [6.07, 6.45) is 9.36. The molecule has 0 aliphatic heterocycles. The first-order valence-corrected chi connectivity index (χ1v) is 6.04. The van der Waals surface area contributed by atoms with Gasteiger partial charge in [0.25, 0.3) is 0 Å². The Bertz CT molecular complexity index is 495. The number of rotatable bonds is 2. The van der Waals surface area contributed by atoms with Crippen molar-refractivity contribution in [1.29, 1.82) is 0 Å². The van der Waals surface area contributed by atoms with Gasteiger partial charge in [0.1, 0.15) is 5.82 Å². The molecule has 3 rings (SSSR count). The monoisotopic (exact) mass is 215 g/mol. The van der Waals surface area contributed by atoms with Crippen LogP contribution in [-0.4, -0.2) is 9.38 Å². The average molecular weight is 215 g/mol. The summed E-state index contributed by atoms with van der Waals surface area (Å²) in [6, 6.07) is 4.18. The number of imidazole rings is 1. The van der Waals surface area contributed by atoms with Gasteiger partial charge in [0.05, 0.1) is 11.7 Å². The van der Waals surface area contributed by atoms with Gasteiger partial charge in [-0.15, -0.1) is 0 Å². The summed E-state index contributed by atoms with van der Waals surface area (Å²) >= 11 is 0. The van der Waals surface area contributed by atoms with Crippen molar-refractivity contribution in [2.75, 3.05) is 0 Å². The minimum Gasteiger partial charge on any atom is -0.326 e. The molecule has 2 heterocycles. The first-order valence-electron chi connectivity index (χ1n) is 6.04. The van der Waals surface area contributed by atoms with Crippen molar-refractivity contribution in [2.24, 2.45) is 5.73 Å². The molecule has 1 saturated carbocycles. The van der Waals surface area contributed by atoms with Crippen molar-refractivity contribution in [3.63, 3.8) is 0 Å². The predicted molar refractivity (Wildman–Crippen MR) is 64.3 cm³/mol. The second kappa shape index (κ2) is 3.91. The maximum absolute atomic E-state index is 5.68. The van der Waals surface area contributed by atoms with Gasteiger partial charge in [-0.3, -0.25) is 0 Å². The van der Waals surface area contributed by atoms with E-state index in [0.29, 0.717) is 12.5 Å². The highest BCUT2D eigenvalue weighted by Gasteiger charge is 2.21. The third-order valence-electron chi connectivity index (χ3n) is 3.57. The average Bonchev–Trinajstić information content (AvgIpc) is 2.96. The van der Waals surface area contributed by atoms with E-state index in [0.717, 1.165) is 0 Å². The number of hydrogen-bond acceptors (Lipinski definition) is 2. The van der Waals surface area contributed by atoms with Crippen LogP contribution in [0.4, 0.5) is 0 Å². The smallest absolute Gasteiger partial charge is 0.116 e. The number of hydrogen-bond donors (Lipinski definition) is 1. The molecule has 84 valence electrons. The molecule has 1 fully saturated rings. The van der Waals surface area contributed by atoms with Gasteiger partial charge in [-0.2, -0.15) is 0 Å². The topological polar surface area (TPSA) is 43.3 Å². The number of nitrogens with zero attached hydrogens (tertiary/aromatic N) is 2. The van der Waals surface area contributed by atoms with Gasteiger partial charge >= 0.3 is 0 Å². The van der Waals surface area contributed by atoms with E-state index in [-0.39, 0.29) is 0 Å². The zero-order valence-corrected chi connectivity index (χ0v) is 9.39. The fourth-order valence-electron chi connectivity index (χ4n) is 2.66. The molecule has 16 heavy (non-hydrogen) atoms. The van der Waals surface area contributed by atoms with Crippen LogP contribution in [0.2, 0.25) is 0 Å². The Morgan fingerprint density at radius 2 is 2.12 bits per heavy atom. The molecule has 0 radical (unpaired) electrons. The second-order valence-corrected chi connectivity index (χ2v) is 4.63. The van der Waals surface area contributed by atoms with Crippen LogP contribution in [0.5, 0.6) is 0 Å². The first-order chi connectivity index (χ1) is 7.88. The summed E-state index contributed by atoms with van der Waals surface area (Å²) in [5, 5.41) is 0. The summed E-state index contributed by atoms with van der Waals surface area (Å²) in [5.74, 6) is 1.87. The van der Waals surface area contributed by atoms with Crippen molar-refractivity contribution in [3.8, 4) is 0 Å². The Morgan fingerprint density at radius 3 is 2.88 bits per heavy atom. The van der Waals surface area contributed by atoms with E-state index in [1.54, 1.807) is 0 Å². The maximum atomic E-state index is 5.68. The first kappa shape index (κ1) is 9.85. The second-order valence-electron chi connectivity index (χ2n) is 4.63. The van der Waals surface area contributed by atoms with Crippen molar-refractivity contribution in [2.45, 2.75) is 38.1 Å². The molecule has 0 unspecified atom stereocenters. The Labute approximate surface area is 95.3 Å². The van der Waals surface area contributed by atoms with Gasteiger partial charge in [0.15, 0.2) is 0 Å². The lowest BCUT2D eigenvalue weighted by Gasteiger charge is -2.08. The van der Waals surface area contributed by atoms with Crippen LogP contribution in [0.15, 0.2) is 24.5 Å². The van der Waals surface area contributed by atoms with Crippen molar-refractivity contribution in [1.82, 2.24) is 9.38 Å². The van der Waals surface area contributed by atoms with Crippen LogP contribution >= 0.6 is 0 Å². The molecule has 2 N–H and O–H groups in total. The zero-order valence-electron chi connectivity index (χ0n) is 9.39. The van der Waals surface area contributed by atoms with Gasteiger partial charge in [0.2, 0.25) is 0 Å². The lowest BCUT2D eigenvalue weighted by molar-refractivity contribution is 0.664. The molecule has 3 heteroatoms. The van der Waals surface area contributed by atoms with E-state index in [4.69, 9.17) is 5.73 Å². The number of nitrogens with two attached hydrogens (primary N) is 1. The molecular weight excluding hydrogens is 198 g/mol. The number of pyridine rings is 1. The van der Waals surface area contributed by atoms with Crippen molar-refractivity contribution in [3.05, 3.63) is 35.9 Å². The molecular formula is C13H17N3. The third kappa shape index (κ3) is 1.52. The van der Waals surface area contributed by atoms with E-state index < -0.39 is 0 Å². The van der Waals surface area contributed by atoms with E-state index in [9.17, 15) is 0 Å².